The molecule has 0 saturated heterocycles. The molecule has 1 unspecified atom stereocenters. The first-order chi connectivity index (χ1) is 13.3. The molecule has 1 amide bonds. The van der Waals surface area contributed by atoms with E-state index in [4.69, 9.17) is 4.74 Å². The number of benzene rings is 1. The van der Waals surface area contributed by atoms with Crippen LogP contribution in [0.4, 0.5) is 13.2 Å². The molecule has 0 spiro atoms. The van der Waals surface area contributed by atoms with Crippen LogP contribution >= 0.6 is 0 Å². The van der Waals surface area contributed by atoms with Crippen molar-refractivity contribution in [2.24, 2.45) is 0 Å². The molecule has 0 saturated carbocycles. The molecule has 0 aliphatic heterocycles. The van der Waals surface area contributed by atoms with Gasteiger partial charge in [-0.05, 0) is 37.3 Å². The normalized spacial score (nSPS) is 12.6. The van der Waals surface area contributed by atoms with Gasteiger partial charge in [0.25, 0.3) is 5.91 Å². The number of nitrogens with zero attached hydrogens (tertiary/aromatic N) is 1. The minimum absolute atomic E-state index is 0.00308. The van der Waals surface area contributed by atoms with Crippen molar-refractivity contribution in [3.8, 4) is 11.5 Å². The lowest BCUT2D eigenvalue weighted by molar-refractivity contribution is -0.153. The van der Waals surface area contributed by atoms with Gasteiger partial charge in [0.15, 0.2) is 6.61 Å². The number of hydrogen-bond acceptors (Lipinski definition) is 4. The van der Waals surface area contributed by atoms with E-state index in [1.807, 2.05) is 6.07 Å². The fourth-order valence-electron chi connectivity index (χ4n) is 2.66. The third-order valence-electron chi connectivity index (χ3n) is 4.09. The zero-order valence-corrected chi connectivity index (χ0v) is 15.1. The SMILES string of the molecule is COc1ccc2[nH]cc(C(=O)NC(C)c3ccc(OCC(F)(F)F)cn3)c2c1. The third kappa shape index (κ3) is 4.54. The molecule has 0 fully saturated rings. The van der Waals surface area contributed by atoms with Crippen LogP contribution in [-0.2, 0) is 0 Å². The van der Waals surface area contributed by atoms with Gasteiger partial charge in [0.2, 0.25) is 0 Å². The van der Waals surface area contributed by atoms with Gasteiger partial charge in [-0.25, -0.2) is 0 Å². The molecule has 1 atom stereocenters. The minimum atomic E-state index is -4.41. The van der Waals surface area contributed by atoms with Crippen LogP contribution in [0, 0.1) is 0 Å². The van der Waals surface area contributed by atoms with Crippen LogP contribution in [0.25, 0.3) is 10.9 Å². The van der Waals surface area contributed by atoms with Crippen LogP contribution in [0.15, 0.2) is 42.7 Å². The van der Waals surface area contributed by atoms with Crippen molar-refractivity contribution in [3.63, 3.8) is 0 Å². The van der Waals surface area contributed by atoms with Gasteiger partial charge >= 0.3 is 6.18 Å². The molecule has 3 rings (SSSR count). The molecule has 2 N–H and O–H groups in total. The molecule has 3 aromatic rings. The maximum absolute atomic E-state index is 12.6. The Labute approximate surface area is 158 Å². The summed E-state index contributed by atoms with van der Waals surface area (Å²) in [6.45, 7) is 0.344. The van der Waals surface area contributed by atoms with Crippen molar-refractivity contribution in [2.75, 3.05) is 13.7 Å². The van der Waals surface area contributed by atoms with Gasteiger partial charge in [-0.3, -0.25) is 9.78 Å². The predicted octanol–water partition coefficient (Wildman–Crippen LogP) is 4.00. The zero-order chi connectivity index (χ0) is 20.3. The summed E-state index contributed by atoms with van der Waals surface area (Å²) in [4.78, 5) is 19.7. The lowest BCUT2D eigenvalue weighted by atomic mass is 10.1. The quantitative estimate of drug-likeness (QED) is 0.664. The van der Waals surface area contributed by atoms with E-state index in [0.717, 1.165) is 5.52 Å². The maximum atomic E-state index is 12.6. The number of H-pyrrole nitrogens is 1. The van der Waals surface area contributed by atoms with Gasteiger partial charge in [0.05, 0.1) is 30.6 Å². The van der Waals surface area contributed by atoms with Crippen molar-refractivity contribution in [1.82, 2.24) is 15.3 Å². The van der Waals surface area contributed by atoms with Crippen LogP contribution < -0.4 is 14.8 Å². The molecule has 2 heterocycles. The number of pyridine rings is 1. The second-order valence-corrected chi connectivity index (χ2v) is 6.13. The number of fused-ring (bicyclic) bond motifs is 1. The highest BCUT2D eigenvalue weighted by Crippen LogP contribution is 2.24. The Kier molecular flexibility index (Phi) is 5.43. The summed E-state index contributed by atoms with van der Waals surface area (Å²) >= 11 is 0. The fourth-order valence-corrected chi connectivity index (χ4v) is 2.66. The summed E-state index contributed by atoms with van der Waals surface area (Å²) < 4.78 is 46.4. The van der Waals surface area contributed by atoms with E-state index < -0.39 is 18.8 Å². The summed E-state index contributed by atoms with van der Waals surface area (Å²) in [6, 6.07) is 7.80. The first-order valence-corrected chi connectivity index (χ1v) is 8.38. The van der Waals surface area contributed by atoms with Gasteiger partial charge in [-0.15, -0.1) is 0 Å². The van der Waals surface area contributed by atoms with Crippen molar-refractivity contribution in [1.29, 1.82) is 0 Å². The Morgan fingerprint density at radius 1 is 1.25 bits per heavy atom. The van der Waals surface area contributed by atoms with E-state index in [2.05, 4.69) is 20.0 Å². The molecule has 9 heteroatoms. The lowest BCUT2D eigenvalue weighted by Gasteiger charge is -2.14. The van der Waals surface area contributed by atoms with Gasteiger partial charge < -0.3 is 19.8 Å². The van der Waals surface area contributed by atoms with Crippen LogP contribution in [0.2, 0.25) is 0 Å². The van der Waals surface area contributed by atoms with Crippen molar-refractivity contribution in [3.05, 3.63) is 54.0 Å². The Bertz CT molecular complexity index is 968. The Morgan fingerprint density at radius 2 is 2.00 bits per heavy atom. The molecule has 0 bridgehead atoms. The van der Waals surface area contributed by atoms with Gasteiger partial charge in [-0.2, -0.15) is 13.2 Å². The summed E-state index contributed by atoms with van der Waals surface area (Å²) in [5.41, 5.74) is 1.74. The average molecular weight is 393 g/mol. The number of methoxy groups -OCH3 is 1. The Morgan fingerprint density at radius 3 is 2.64 bits per heavy atom. The number of nitrogens with one attached hydrogen (secondary N) is 2. The van der Waals surface area contributed by atoms with Gasteiger partial charge in [0.1, 0.15) is 11.5 Å². The molecular weight excluding hydrogens is 375 g/mol. The predicted molar refractivity (Wildman–Crippen MR) is 96.5 cm³/mol. The molecule has 0 aliphatic rings. The largest absolute Gasteiger partial charge is 0.497 e. The monoisotopic (exact) mass is 393 g/mol. The smallest absolute Gasteiger partial charge is 0.422 e. The number of carbonyl (C=O) groups excluding carboxylic acids is 1. The first kappa shape index (κ1) is 19.5. The van der Waals surface area contributed by atoms with E-state index in [-0.39, 0.29) is 11.7 Å². The third-order valence-corrected chi connectivity index (χ3v) is 4.09. The summed E-state index contributed by atoms with van der Waals surface area (Å²) in [5, 5.41) is 3.54. The van der Waals surface area contributed by atoms with E-state index in [9.17, 15) is 18.0 Å². The summed E-state index contributed by atoms with van der Waals surface area (Å²) in [6.07, 6.45) is -1.62. The van der Waals surface area contributed by atoms with E-state index in [0.29, 0.717) is 22.4 Å². The number of aromatic nitrogens is 2. The van der Waals surface area contributed by atoms with E-state index in [1.165, 1.54) is 18.3 Å². The second-order valence-electron chi connectivity index (χ2n) is 6.13. The molecule has 0 aliphatic carbocycles. The van der Waals surface area contributed by atoms with Crippen LogP contribution in [0.1, 0.15) is 29.0 Å². The molecular formula is C19H18F3N3O3. The molecule has 6 nitrogen and oxygen atoms in total. The summed E-state index contributed by atoms with van der Waals surface area (Å²) in [5.74, 6) is 0.319. The molecule has 1 aromatic carbocycles. The number of amides is 1. The number of carbonyl (C=O) groups is 1. The Balaban J connectivity index is 1.69. The van der Waals surface area contributed by atoms with Gasteiger partial charge in [0, 0.05) is 17.1 Å². The minimum Gasteiger partial charge on any atom is -0.497 e. The molecule has 2 aromatic heterocycles. The zero-order valence-electron chi connectivity index (χ0n) is 15.1. The average Bonchev–Trinajstić information content (AvgIpc) is 3.09. The van der Waals surface area contributed by atoms with Crippen LogP contribution in [0.5, 0.6) is 11.5 Å². The molecule has 28 heavy (non-hydrogen) atoms. The van der Waals surface area contributed by atoms with Crippen LogP contribution in [0.3, 0.4) is 0 Å². The number of aromatic amines is 1. The van der Waals surface area contributed by atoms with Crippen molar-refractivity contribution < 1.29 is 27.4 Å². The Hall–Kier alpha value is -3.23. The molecule has 0 radical (unpaired) electrons. The van der Waals surface area contributed by atoms with E-state index in [1.54, 1.807) is 32.4 Å². The van der Waals surface area contributed by atoms with Crippen molar-refractivity contribution >= 4 is 16.8 Å². The standard InChI is InChI=1S/C19H18F3N3O3/c1-11(16-5-4-13(8-23-16)28-10-19(20,21)22)25-18(26)15-9-24-17-6-3-12(27-2)7-14(15)17/h3-9,11,24H,10H2,1-2H3,(H,25,26). The molecule has 148 valence electrons. The number of alkyl halides is 3. The first-order valence-electron chi connectivity index (χ1n) is 8.38. The lowest BCUT2D eigenvalue weighted by Crippen LogP contribution is -2.27. The fraction of sp³-hybridized carbons (Fsp3) is 0.263. The highest BCUT2D eigenvalue weighted by molar-refractivity contribution is 6.07. The highest BCUT2D eigenvalue weighted by Gasteiger charge is 2.28. The maximum Gasteiger partial charge on any atom is 0.422 e. The number of rotatable bonds is 6. The second kappa shape index (κ2) is 7.79. The highest BCUT2D eigenvalue weighted by atomic mass is 19.4. The van der Waals surface area contributed by atoms with Crippen molar-refractivity contribution in [2.45, 2.75) is 19.1 Å². The summed E-state index contributed by atoms with van der Waals surface area (Å²) in [7, 11) is 1.55. The number of ether oxygens (including phenoxy) is 2. The number of halogens is 3. The van der Waals surface area contributed by atoms with Gasteiger partial charge in [-0.1, -0.05) is 0 Å². The number of hydrogen-bond donors (Lipinski definition) is 2. The van der Waals surface area contributed by atoms with Crippen LogP contribution in [-0.4, -0.2) is 35.8 Å². The topological polar surface area (TPSA) is 76.2 Å². The van der Waals surface area contributed by atoms with E-state index >= 15 is 0 Å².